The first kappa shape index (κ1) is 7.70. The van der Waals surface area contributed by atoms with Crippen molar-refractivity contribution in [3.05, 3.63) is 40.0 Å². The van der Waals surface area contributed by atoms with Crippen LogP contribution in [0.5, 0.6) is 0 Å². The summed E-state index contributed by atoms with van der Waals surface area (Å²) < 4.78 is 4.23. The Hall–Kier alpha value is -1.68. The molecule has 0 fully saturated rings. The molecule has 0 spiro atoms. The van der Waals surface area contributed by atoms with Crippen LogP contribution < -0.4 is 5.56 Å². The van der Waals surface area contributed by atoms with Crippen molar-refractivity contribution in [2.75, 3.05) is 0 Å². The molecule has 3 aromatic rings. The molecule has 1 N–H and O–H groups in total. The Morgan fingerprint density at radius 2 is 2.07 bits per heavy atom. The Labute approximate surface area is 83.2 Å². The van der Waals surface area contributed by atoms with Gasteiger partial charge in [-0.15, -0.1) is 0 Å². The Morgan fingerprint density at radius 3 is 3.00 bits per heavy atom. The smallest absolute Gasteiger partial charge is 0.258 e. The van der Waals surface area contributed by atoms with Crippen LogP contribution >= 0.6 is 11.5 Å². The molecule has 0 unspecified atom stereocenters. The number of rotatable bonds is 0. The van der Waals surface area contributed by atoms with Gasteiger partial charge in [0.25, 0.3) is 5.56 Å². The van der Waals surface area contributed by atoms with Gasteiger partial charge in [0, 0.05) is 10.8 Å². The first-order valence-electron chi connectivity index (χ1n) is 4.21. The van der Waals surface area contributed by atoms with Gasteiger partial charge in [0.15, 0.2) is 0 Å². The molecule has 0 saturated carbocycles. The zero-order valence-corrected chi connectivity index (χ0v) is 7.97. The van der Waals surface area contributed by atoms with Crippen molar-refractivity contribution in [1.29, 1.82) is 0 Å². The van der Waals surface area contributed by atoms with Gasteiger partial charge < -0.3 is 4.98 Å². The lowest BCUT2D eigenvalue weighted by Gasteiger charge is -1.96. The lowest BCUT2D eigenvalue weighted by Crippen LogP contribution is -2.04. The summed E-state index contributed by atoms with van der Waals surface area (Å²) in [6.45, 7) is 0. The predicted molar refractivity (Wildman–Crippen MR) is 57.7 cm³/mol. The molecule has 0 radical (unpaired) electrons. The van der Waals surface area contributed by atoms with E-state index < -0.39 is 0 Å². The van der Waals surface area contributed by atoms with Crippen LogP contribution in [0.25, 0.3) is 21.8 Å². The van der Waals surface area contributed by atoms with Crippen LogP contribution in [0.1, 0.15) is 0 Å². The summed E-state index contributed by atoms with van der Waals surface area (Å²) >= 11 is 1.31. The maximum Gasteiger partial charge on any atom is 0.258 e. The van der Waals surface area contributed by atoms with E-state index in [1.165, 1.54) is 11.5 Å². The van der Waals surface area contributed by atoms with E-state index in [0.29, 0.717) is 5.39 Å². The molecule has 3 rings (SSSR count). The lowest BCUT2D eigenvalue weighted by atomic mass is 10.2. The molecule has 2 aromatic heterocycles. The Kier molecular flexibility index (Phi) is 1.46. The van der Waals surface area contributed by atoms with Crippen molar-refractivity contribution >= 4 is 33.3 Å². The Balaban J connectivity index is 2.73. The summed E-state index contributed by atoms with van der Waals surface area (Å²) in [5, 5.41) is 3.46. The van der Waals surface area contributed by atoms with Crippen molar-refractivity contribution in [1.82, 2.24) is 9.36 Å². The number of nitrogens with one attached hydrogen (secondary N) is 1. The summed E-state index contributed by atoms with van der Waals surface area (Å²) in [6, 6.07) is 7.69. The quantitative estimate of drug-likeness (QED) is 0.607. The number of para-hydroxylation sites is 1. The van der Waals surface area contributed by atoms with Crippen LogP contribution in [0.15, 0.2) is 34.4 Å². The number of aromatic nitrogens is 2. The number of H-pyrrole nitrogens is 1. The summed E-state index contributed by atoms with van der Waals surface area (Å²) in [5.74, 6) is 0. The highest BCUT2D eigenvalue weighted by atomic mass is 32.1. The molecule has 1 aromatic carbocycles. The van der Waals surface area contributed by atoms with Gasteiger partial charge in [0.1, 0.15) is 0 Å². The van der Waals surface area contributed by atoms with Crippen LogP contribution in [0.3, 0.4) is 0 Å². The highest BCUT2D eigenvalue weighted by molar-refractivity contribution is 7.04. The number of pyridine rings is 1. The molecule has 4 heteroatoms. The van der Waals surface area contributed by atoms with E-state index in [-0.39, 0.29) is 5.56 Å². The number of hydrogen-bond donors (Lipinski definition) is 1. The van der Waals surface area contributed by atoms with Gasteiger partial charge in [-0.2, -0.15) is 4.37 Å². The number of fused-ring (bicyclic) bond motifs is 3. The number of hydrogen-bond acceptors (Lipinski definition) is 3. The fraction of sp³-hybridized carbons (Fsp3) is 0. The van der Waals surface area contributed by atoms with Crippen molar-refractivity contribution in [2.45, 2.75) is 0 Å². The first-order chi connectivity index (χ1) is 6.86. The molecule has 68 valence electrons. The summed E-state index contributed by atoms with van der Waals surface area (Å²) in [4.78, 5) is 14.4. The average Bonchev–Trinajstić information content (AvgIpc) is 2.67. The fourth-order valence-corrected chi connectivity index (χ4v) is 2.26. The van der Waals surface area contributed by atoms with E-state index in [1.807, 2.05) is 24.3 Å². The van der Waals surface area contributed by atoms with Crippen molar-refractivity contribution < 1.29 is 0 Å². The molecular formula is C10H6N2OS. The van der Waals surface area contributed by atoms with Crippen LogP contribution in [0.4, 0.5) is 0 Å². The van der Waals surface area contributed by atoms with E-state index in [0.717, 1.165) is 16.4 Å². The lowest BCUT2D eigenvalue weighted by molar-refractivity contribution is 1.34. The monoisotopic (exact) mass is 202 g/mol. The first-order valence-corrected chi connectivity index (χ1v) is 5.05. The van der Waals surface area contributed by atoms with Crippen LogP contribution in [0.2, 0.25) is 0 Å². The minimum absolute atomic E-state index is 0.0625. The molecule has 0 bridgehead atoms. The number of benzene rings is 1. The van der Waals surface area contributed by atoms with E-state index >= 15 is 0 Å². The molecule has 14 heavy (non-hydrogen) atoms. The maximum absolute atomic E-state index is 11.6. The summed E-state index contributed by atoms with van der Waals surface area (Å²) in [6.07, 6.45) is 0. The Morgan fingerprint density at radius 1 is 1.21 bits per heavy atom. The van der Waals surface area contributed by atoms with Crippen molar-refractivity contribution in [3.63, 3.8) is 0 Å². The SMILES string of the molecule is O=c1[nH]c2ccccc2c2nscc12. The van der Waals surface area contributed by atoms with Crippen LogP contribution in [-0.4, -0.2) is 9.36 Å². The third-order valence-corrected chi connectivity index (χ3v) is 2.87. The zero-order valence-electron chi connectivity index (χ0n) is 7.15. The third-order valence-electron chi connectivity index (χ3n) is 2.24. The van der Waals surface area contributed by atoms with Gasteiger partial charge in [-0.1, -0.05) is 18.2 Å². The van der Waals surface area contributed by atoms with Crippen LogP contribution in [-0.2, 0) is 0 Å². The van der Waals surface area contributed by atoms with Gasteiger partial charge in [0.2, 0.25) is 0 Å². The normalized spacial score (nSPS) is 11.1. The average molecular weight is 202 g/mol. The van der Waals surface area contributed by atoms with Gasteiger partial charge in [-0.3, -0.25) is 4.79 Å². The number of aromatic amines is 1. The summed E-state index contributed by atoms with van der Waals surface area (Å²) in [7, 11) is 0. The molecule has 0 aliphatic heterocycles. The Bertz CT molecular complexity index is 668. The third kappa shape index (κ3) is 0.914. The highest BCUT2D eigenvalue weighted by Crippen LogP contribution is 2.20. The molecule has 3 nitrogen and oxygen atoms in total. The van der Waals surface area contributed by atoms with Gasteiger partial charge in [-0.05, 0) is 17.6 Å². The fourth-order valence-electron chi connectivity index (χ4n) is 1.58. The second kappa shape index (κ2) is 2.65. The zero-order chi connectivity index (χ0) is 9.54. The van der Waals surface area contributed by atoms with E-state index in [1.54, 1.807) is 5.38 Å². The van der Waals surface area contributed by atoms with E-state index in [9.17, 15) is 4.79 Å². The molecule has 0 aliphatic rings. The minimum Gasteiger partial charge on any atom is -0.321 e. The highest BCUT2D eigenvalue weighted by Gasteiger charge is 2.05. The molecule has 2 heterocycles. The molecule has 0 saturated heterocycles. The van der Waals surface area contributed by atoms with Crippen molar-refractivity contribution in [3.8, 4) is 0 Å². The standard InChI is InChI=1S/C10H6N2OS/c13-10-7-5-14-12-9(7)6-3-1-2-4-8(6)11-10/h1-5H,(H,11,13). The van der Waals surface area contributed by atoms with Gasteiger partial charge >= 0.3 is 0 Å². The van der Waals surface area contributed by atoms with E-state index in [2.05, 4.69) is 9.36 Å². The maximum atomic E-state index is 11.6. The second-order valence-corrected chi connectivity index (χ2v) is 3.71. The minimum atomic E-state index is -0.0625. The molecule has 0 atom stereocenters. The van der Waals surface area contributed by atoms with E-state index in [4.69, 9.17) is 0 Å². The molecular weight excluding hydrogens is 196 g/mol. The summed E-state index contributed by atoms with van der Waals surface area (Å²) in [5.41, 5.74) is 1.58. The van der Waals surface area contributed by atoms with Gasteiger partial charge in [0.05, 0.1) is 16.4 Å². The largest absolute Gasteiger partial charge is 0.321 e. The topological polar surface area (TPSA) is 45.8 Å². The molecule has 0 amide bonds. The predicted octanol–water partition coefficient (Wildman–Crippen LogP) is 2.14. The number of nitrogens with zero attached hydrogens (tertiary/aromatic N) is 1. The van der Waals surface area contributed by atoms with Crippen molar-refractivity contribution in [2.24, 2.45) is 0 Å². The molecule has 0 aliphatic carbocycles. The van der Waals surface area contributed by atoms with Crippen LogP contribution in [0, 0.1) is 0 Å². The second-order valence-electron chi connectivity index (χ2n) is 3.08. The van der Waals surface area contributed by atoms with Gasteiger partial charge in [-0.25, -0.2) is 0 Å².